The Balaban J connectivity index is 2.74. The van der Waals surface area contributed by atoms with Crippen LogP contribution in [0.25, 0.3) is 10.8 Å². The van der Waals surface area contributed by atoms with Crippen molar-refractivity contribution >= 4 is 40.4 Å². The number of phenols is 1. The first-order valence-electron chi connectivity index (χ1n) is 4.41. The van der Waals surface area contributed by atoms with E-state index in [0.717, 1.165) is 0 Å². The minimum absolute atomic E-state index is 0.0632. The van der Waals surface area contributed by atoms with Gasteiger partial charge in [-0.2, -0.15) is 0 Å². The first-order chi connectivity index (χ1) is 7.59. The van der Waals surface area contributed by atoms with E-state index in [1.54, 1.807) is 24.3 Å². The van der Waals surface area contributed by atoms with Crippen molar-refractivity contribution in [3.05, 3.63) is 30.3 Å². The molecule has 6 heteroatoms. The molecule has 84 valence electrons. The summed E-state index contributed by atoms with van der Waals surface area (Å²) >= 11 is 1.94. The molecule has 2 rings (SSSR count). The molecule has 0 radical (unpaired) electrons. The molecule has 0 heterocycles. The molecule has 0 amide bonds. The quantitative estimate of drug-likeness (QED) is 0.378. The van der Waals surface area contributed by atoms with Crippen molar-refractivity contribution in [1.29, 1.82) is 0 Å². The maximum atomic E-state index is 10.7. The minimum Gasteiger partial charge on any atom is -0.506 e. The third-order valence-electron chi connectivity index (χ3n) is 2.19. The van der Waals surface area contributed by atoms with Gasteiger partial charge in [0.15, 0.2) is 0 Å². The standard InChI is InChI=1S/C10H9NO3S2/c12-10-7-4-2-1-3-6(7)8(5-9(10)15)11-16(13)14/h1-5,11-12,15H,(H,13,14). The lowest BCUT2D eigenvalue weighted by Gasteiger charge is -2.09. The van der Waals surface area contributed by atoms with Gasteiger partial charge in [-0.1, -0.05) is 24.3 Å². The van der Waals surface area contributed by atoms with E-state index in [2.05, 4.69) is 17.4 Å². The van der Waals surface area contributed by atoms with Crippen LogP contribution in [0.2, 0.25) is 0 Å². The Morgan fingerprint density at radius 3 is 2.50 bits per heavy atom. The molecule has 0 aromatic heterocycles. The summed E-state index contributed by atoms with van der Waals surface area (Å²) in [5, 5.41) is 11.0. The topological polar surface area (TPSA) is 69.6 Å². The number of hydrogen-bond acceptors (Lipinski definition) is 3. The van der Waals surface area contributed by atoms with Crippen LogP contribution in [0, 0.1) is 0 Å². The summed E-state index contributed by atoms with van der Waals surface area (Å²) in [6.45, 7) is 0. The van der Waals surface area contributed by atoms with Crippen molar-refractivity contribution in [2.75, 3.05) is 4.72 Å². The highest BCUT2D eigenvalue weighted by atomic mass is 32.2. The van der Waals surface area contributed by atoms with Crippen molar-refractivity contribution in [2.24, 2.45) is 0 Å². The van der Waals surface area contributed by atoms with Gasteiger partial charge in [0.25, 0.3) is 11.3 Å². The number of benzene rings is 2. The fourth-order valence-corrected chi connectivity index (χ4v) is 2.13. The second-order valence-corrected chi connectivity index (χ2v) is 4.37. The molecular weight excluding hydrogens is 246 g/mol. The molecule has 0 spiro atoms. The second kappa shape index (κ2) is 4.32. The second-order valence-electron chi connectivity index (χ2n) is 3.19. The normalized spacial score (nSPS) is 12.6. The van der Waals surface area contributed by atoms with Crippen molar-refractivity contribution in [1.82, 2.24) is 0 Å². The fourth-order valence-electron chi connectivity index (χ4n) is 1.52. The molecule has 3 N–H and O–H groups in total. The van der Waals surface area contributed by atoms with Crippen LogP contribution in [0.1, 0.15) is 0 Å². The molecule has 0 saturated carbocycles. The Kier molecular flexibility index (Phi) is 3.04. The summed E-state index contributed by atoms with van der Waals surface area (Å²) in [6.07, 6.45) is 0. The van der Waals surface area contributed by atoms with Gasteiger partial charge >= 0.3 is 0 Å². The third kappa shape index (κ3) is 1.99. The number of phenolic OH excluding ortho intramolecular Hbond substituents is 1. The molecule has 1 atom stereocenters. The zero-order valence-electron chi connectivity index (χ0n) is 8.04. The molecule has 0 aliphatic heterocycles. The number of nitrogens with one attached hydrogen (secondary N) is 1. The molecule has 0 fully saturated rings. The summed E-state index contributed by atoms with van der Waals surface area (Å²) in [5.74, 6) is 0.0632. The average Bonchev–Trinajstić information content (AvgIpc) is 2.25. The lowest BCUT2D eigenvalue weighted by atomic mass is 10.1. The summed E-state index contributed by atoms with van der Waals surface area (Å²) in [5.41, 5.74) is 0.458. The first kappa shape index (κ1) is 11.3. The van der Waals surface area contributed by atoms with Gasteiger partial charge in [0.05, 0.1) is 5.69 Å². The van der Waals surface area contributed by atoms with E-state index >= 15 is 0 Å². The van der Waals surface area contributed by atoms with Gasteiger partial charge in [-0.05, 0) is 6.07 Å². The highest BCUT2D eigenvalue weighted by Crippen LogP contribution is 2.36. The molecule has 0 aliphatic carbocycles. The van der Waals surface area contributed by atoms with Crippen LogP contribution in [0.3, 0.4) is 0 Å². The van der Waals surface area contributed by atoms with Crippen LogP contribution >= 0.6 is 12.6 Å². The first-order valence-corrected chi connectivity index (χ1v) is 5.96. The smallest absolute Gasteiger partial charge is 0.259 e. The molecule has 1 unspecified atom stereocenters. The number of rotatable bonds is 2. The summed E-state index contributed by atoms with van der Waals surface area (Å²) < 4.78 is 21.9. The SMILES string of the molecule is O=S(O)Nc1cc(S)c(O)c2ccccc12. The molecule has 16 heavy (non-hydrogen) atoms. The largest absolute Gasteiger partial charge is 0.506 e. The lowest BCUT2D eigenvalue weighted by molar-refractivity contribution is 0.469. The van der Waals surface area contributed by atoms with E-state index < -0.39 is 11.3 Å². The average molecular weight is 255 g/mol. The van der Waals surface area contributed by atoms with Crippen molar-refractivity contribution in [3.63, 3.8) is 0 Å². The molecular formula is C10H9NO3S2. The lowest BCUT2D eigenvalue weighted by Crippen LogP contribution is -2.02. The number of anilines is 1. The van der Waals surface area contributed by atoms with E-state index in [-0.39, 0.29) is 5.75 Å². The molecule has 4 nitrogen and oxygen atoms in total. The summed E-state index contributed by atoms with van der Waals surface area (Å²) in [4.78, 5) is 0.353. The summed E-state index contributed by atoms with van der Waals surface area (Å²) in [7, 11) is 0. The van der Waals surface area contributed by atoms with E-state index in [1.807, 2.05) is 0 Å². The van der Waals surface area contributed by atoms with Crippen LogP contribution in [-0.4, -0.2) is 13.9 Å². The maximum Gasteiger partial charge on any atom is 0.259 e. The molecule has 0 aliphatic rings. The number of thiol groups is 1. The Morgan fingerprint density at radius 1 is 1.25 bits per heavy atom. The maximum absolute atomic E-state index is 10.7. The Labute approximate surface area is 100 Å². The number of aromatic hydroxyl groups is 1. The van der Waals surface area contributed by atoms with Gasteiger partial charge in [-0.15, -0.1) is 12.6 Å². The highest BCUT2D eigenvalue weighted by molar-refractivity contribution is 7.81. The van der Waals surface area contributed by atoms with Gasteiger partial charge in [0.1, 0.15) is 5.75 Å². The van der Waals surface area contributed by atoms with Crippen molar-refractivity contribution in [2.45, 2.75) is 4.90 Å². The van der Waals surface area contributed by atoms with Crippen LogP contribution in [0.4, 0.5) is 5.69 Å². The Bertz CT molecular complexity index is 571. The summed E-state index contributed by atoms with van der Waals surface area (Å²) in [6, 6.07) is 8.53. The predicted molar refractivity (Wildman–Crippen MR) is 67.3 cm³/mol. The molecule has 2 aromatic rings. The van der Waals surface area contributed by atoms with Crippen LogP contribution in [-0.2, 0) is 11.3 Å². The van der Waals surface area contributed by atoms with Gasteiger partial charge in [-0.3, -0.25) is 9.27 Å². The van der Waals surface area contributed by atoms with E-state index in [0.29, 0.717) is 21.4 Å². The fraction of sp³-hybridized carbons (Fsp3) is 0. The van der Waals surface area contributed by atoms with Crippen LogP contribution in [0.5, 0.6) is 5.75 Å². The molecule has 0 bridgehead atoms. The van der Waals surface area contributed by atoms with Crippen molar-refractivity contribution in [3.8, 4) is 5.75 Å². The number of hydrogen-bond donors (Lipinski definition) is 4. The van der Waals surface area contributed by atoms with Gasteiger partial charge < -0.3 is 5.11 Å². The Hall–Kier alpha value is -1.24. The monoisotopic (exact) mass is 255 g/mol. The molecule has 0 saturated heterocycles. The third-order valence-corrected chi connectivity index (χ3v) is 2.93. The minimum atomic E-state index is -2.15. The van der Waals surface area contributed by atoms with Crippen LogP contribution in [0.15, 0.2) is 35.2 Å². The van der Waals surface area contributed by atoms with Gasteiger partial charge in [0, 0.05) is 15.7 Å². The highest BCUT2D eigenvalue weighted by Gasteiger charge is 2.09. The van der Waals surface area contributed by atoms with Gasteiger partial charge in [0.2, 0.25) is 0 Å². The Morgan fingerprint density at radius 2 is 1.88 bits per heavy atom. The van der Waals surface area contributed by atoms with E-state index in [1.165, 1.54) is 6.07 Å². The van der Waals surface area contributed by atoms with E-state index in [4.69, 9.17) is 4.55 Å². The van der Waals surface area contributed by atoms with Crippen LogP contribution < -0.4 is 4.72 Å². The van der Waals surface area contributed by atoms with Gasteiger partial charge in [-0.25, -0.2) is 4.21 Å². The van der Waals surface area contributed by atoms with Crippen molar-refractivity contribution < 1.29 is 13.9 Å². The predicted octanol–water partition coefficient (Wildman–Crippen LogP) is 2.38. The zero-order valence-corrected chi connectivity index (χ0v) is 9.76. The number of fused-ring (bicyclic) bond motifs is 1. The van der Waals surface area contributed by atoms with E-state index in [9.17, 15) is 9.32 Å². The molecule has 2 aromatic carbocycles. The zero-order chi connectivity index (χ0) is 11.7.